The van der Waals surface area contributed by atoms with E-state index in [0.29, 0.717) is 34.2 Å². The molecule has 0 saturated carbocycles. The second kappa shape index (κ2) is 7.26. The first-order valence-corrected chi connectivity index (χ1v) is 10.5. The number of anilines is 2. The number of aromatic amines is 1. The van der Waals surface area contributed by atoms with E-state index in [2.05, 4.69) is 44.4 Å². The molecule has 0 radical (unpaired) electrons. The van der Waals surface area contributed by atoms with Gasteiger partial charge in [0.1, 0.15) is 11.0 Å². The molecule has 0 aliphatic carbocycles. The van der Waals surface area contributed by atoms with E-state index in [1.807, 2.05) is 10.9 Å². The van der Waals surface area contributed by atoms with Crippen LogP contribution in [0.25, 0.3) is 22.4 Å². The van der Waals surface area contributed by atoms with Crippen LogP contribution in [0.2, 0.25) is 0 Å². The Morgan fingerprint density at radius 2 is 2.07 bits per heavy atom. The second-order valence-electron chi connectivity index (χ2n) is 7.07. The number of hydrogen-bond donors (Lipinski definition) is 3. The van der Waals surface area contributed by atoms with Gasteiger partial charge in [0.05, 0.1) is 23.0 Å². The predicted molar refractivity (Wildman–Crippen MR) is 109 cm³/mol. The quantitative estimate of drug-likeness (QED) is 0.440. The van der Waals surface area contributed by atoms with Gasteiger partial charge in [0, 0.05) is 18.3 Å². The summed E-state index contributed by atoms with van der Waals surface area (Å²) in [6.07, 6.45) is 5.19. The molecular weight excluding hydrogens is 392 g/mol. The van der Waals surface area contributed by atoms with Crippen molar-refractivity contribution in [1.82, 2.24) is 29.9 Å². The fourth-order valence-corrected chi connectivity index (χ4v) is 3.47. The van der Waals surface area contributed by atoms with Crippen LogP contribution in [-0.2, 0) is 16.6 Å². The summed E-state index contributed by atoms with van der Waals surface area (Å²) in [5.74, 6) is 1.33. The minimum Gasteiger partial charge on any atom is -0.336 e. The van der Waals surface area contributed by atoms with Gasteiger partial charge in [-0.3, -0.25) is 9.78 Å². The summed E-state index contributed by atoms with van der Waals surface area (Å²) >= 11 is 0. The summed E-state index contributed by atoms with van der Waals surface area (Å²) in [6.45, 7) is 5.04. The van der Waals surface area contributed by atoms with E-state index >= 15 is 0 Å². The molecule has 0 saturated heterocycles. The Morgan fingerprint density at radius 3 is 2.83 bits per heavy atom. The topological polar surface area (TPSA) is 144 Å². The van der Waals surface area contributed by atoms with Crippen molar-refractivity contribution in [2.45, 2.75) is 25.3 Å². The van der Waals surface area contributed by atoms with Crippen molar-refractivity contribution in [3.63, 3.8) is 0 Å². The van der Waals surface area contributed by atoms with E-state index in [-0.39, 0.29) is 4.90 Å². The Hall–Kier alpha value is -3.31. The third kappa shape index (κ3) is 4.10. The first kappa shape index (κ1) is 19.0. The van der Waals surface area contributed by atoms with Crippen LogP contribution in [0.5, 0.6) is 0 Å². The number of nitrogens with zero attached hydrogens (tertiary/aromatic N) is 5. The molecule has 4 N–H and O–H groups in total. The van der Waals surface area contributed by atoms with Crippen LogP contribution in [0.15, 0.2) is 47.8 Å². The van der Waals surface area contributed by atoms with Crippen LogP contribution in [0.4, 0.5) is 11.5 Å². The van der Waals surface area contributed by atoms with E-state index in [1.165, 1.54) is 12.1 Å². The highest BCUT2D eigenvalue weighted by molar-refractivity contribution is 7.89. The highest BCUT2D eigenvalue weighted by Crippen LogP contribution is 2.26. The van der Waals surface area contributed by atoms with E-state index in [1.54, 1.807) is 24.5 Å². The average Bonchev–Trinajstić information content (AvgIpc) is 3.30. The van der Waals surface area contributed by atoms with Gasteiger partial charge in [-0.2, -0.15) is 10.2 Å². The first-order valence-electron chi connectivity index (χ1n) is 8.93. The number of aromatic nitrogens is 6. The summed E-state index contributed by atoms with van der Waals surface area (Å²) in [4.78, 5) is 9.04. The third-order valence-electron chi connectivity index (χ3n) is 4.17. The molecule has 4 aromatic rings. The zero-order valence-corrected chi connectivity index (χ0v) is 16.7. The number of rotatable bonds is 6. The molecule has 0 atom stereocenters. The van der Waals surface area contributed by atoms with Gasteiger partial charge >= 0.3 is 0 Å². The van der Waals surface area contributed by atoms with Crippen molar-refractivity contribution in [2.75, 3.05) is 5.32 Å². The lowest BCUT2D eigenvalue weighted by atomic mass is 10.2. The summed E-state index contributed by atoms with van der Waals surface area (Å²) in [7, 11) is -3.83. The van der Waals surface area contributed by atoms with Gasteiger partial charge in [0.2, 0.25) is 10.0 Å². The molecule has 29 heavy (non-hydrogen) atoms. The summed E-state index contributed by atoms with van der Waals surface area (Å²) in [6, 6.07) is 6.19. The van der Waals surface area contributed by atoms with Gasteiger partial charge in [-0.1, -0.05) is 26.0 Å². The third-order valence-corrected chi connectivity index (χ3v) is 5.08. The van der Waals surface area contributed by atoms with Crippen molar-refractivity contribution in [3.8, 4) is 11.4 Å². The Morgan fingerprint density at radius 1 is 1.24 bits per heavy atom. The van der Waals surface area contributed by atoms with Crippen LogP contribution in [0.3, 0.4) is 0 Å². The molecule has 0 unspecified atom stereocenters. The first-order chi connectivity index (χ1) is 13.8. The molecule has 0 amide bonds. The van der Waals surface area contributed by atoms with Crippen LogP contribution < -0.4 is 10.5 Å². The maximum Gasteiger partial charge on any atom is 0.238 e. The van der Waals surface area contributed by atoms with E-state index in [9.17, 15) is 8.42 Å². The normalized spacial score (nSPS) is 12.0. The minimum absolute atomic E-state index is 0.00429. The highest BCUT2D eigenvalue weighted by atomic mass is 32.2. The maximum atomic E-state index is 11.7. The van der Waals surface area contributed by atoms with Gasteiger partial charge < -0.3 is 5.32 Å². The van der Waals surface area contributed by atoms with Crippen LogP contribution in [0, 0.1) is 5.92 Å². The van der Waals surface area contributed by atoms with Crippen molar-refractivity contribution in [3.05, 3.63) is 42.9 Å². The van der Waals surface area contributed by atoms with Crippen molar-refractivity contribution in [1.29, 1.82) is 0 Å². The number of nitrogens with one attached hydrogen (secondary N) is 2. The summed E-state index contributed by atoms with van der Waals surface area (Å²) in [5, 5.41) is 19.7. The molecule has 0 spiro atoms. The lowest BCUT2D eigenvalue weighted by Crippen LogP contribution is -2.12. The molecular formula is C18H20N8O2S. The Bertz CT molecular complexity index is 1280. The fourth-order valence-electron chi connectivity index (χ4n) is 2.91. The summed E-state index contributed by atoms with van der Waals surface area (Å²) in [5.41, 5.74) is 2.52. The average molecular weight is 412 g/mol. The van der Waals surface area contributed by atoms with Crippen molar-refractivity contribution in [2.24, 2.45) is 11.1 Å². The SMILES string of the molecule is CC(C)Cn1cc(Nc2nc(-c3cccc(S(N)(=O)=O)c3)nc3cn[nH]c23)cn1. The van der Waals surface area contributed by atoms with Gasteiger partial charge in [-0.25, -0.2) is 23.5 Å². The fraction of sp³-hybridized carbons (Fsp3) is 0.222. The number of benzene rings is 1. The molecule has 3 aromatic heterocycles. The van der Waals surface area contributed by atoms with Crippen LogP contribution in [-0.4, -0.2) is 38.4 Å². The van der Waals surface area contributed by atoms with E-state index in [0.717, 1.165) is 12.2 Å². The molecule has 10 nitrogen and oxygen atoms in total. The molecule has 11 heteroatoms. The standard InChI is InChI=1S/C18H20N8O2S/c1-11(2)9-26-10-13(7-21-26)22-18-16-15(8-20-25-16)23-17(24-18)12-4-3-5-14(6-12)29(19,27)28/h3-8,10-11H,9H2,1-2H3,(H,20,25)(H2,19,27,28)(H,22,23,24). The largest absolute Gasteiger partial charge is 0.336 e. The number of sulfonamides is 1. The van der Waals surface area contributed by atoms with Crippen LogP contribution >= 0.6 is 0 Å². The lowest BCUT2D eigenvalue weighted by Gasteiger charge is -2.08. The molecule has 0 bridgehead atoms. The van der Waals surface area contributed by atoms with Crippen molar-refractivity contribution >= 4 is 32.6 Å². The van der Waals surface area contributed by atoms with Crippen LogP contribution in [0.1, 0.15) is 13.8 Å². The lowest BCUT2D eigenvalue weighted by molar-refractivity contribution is 0.483. The molecule has 0 fully saturated rings. The van der Waals surface area contributed by atoms with E-state index in [4.69, 9.17) is 5.14 Å². The molecule has 0 aliphatic heterocycles. The molecule has 0 aliphatic rings. The molecule has 3 heterocycles. The van der Waals surface area contributed by atoms with Gasteiger partial charge in [-0.05, 0) is 18.1 Å². The highest BCUT2D eigenvalue weighted by Gasteiger charge is 2.15. The minimum atomic E-state index is -3.83. The molecule has 4 rings (SSSR count). The summed E-state index contributed by atoms with van der Waals surface area (Å²) < 4.78 is 25.2. The zero-order chi connectivity index (χ0) is 20.6. The van der Waals surface area contributed by atoms with E-state index < -0.39 is 10.0 Å². The monoisotopic (exact) mass is 412 g/mol. The number of nitrogens with two attached hydrogens (primary N) is 1. The smallest absolute Gasteiger partial charge is 0.238 e. The maximum absolute atomic E-state index is 11.7. The van der Waals surface area contributed by atoms with Gasteiger partial charge in [0.15, 0.2) is 11.6 Å². The van der Waals surface area contributed by atoms with Gasteiger partial charge in [-0.15, -0.1) is 0 Å². The van der Waals surface area contributed by atoms with Crippen molar-refractivity contribution < 1.29 is 8.42 Å². The number of H-pyrrole nitrogens is 1. The second-order valence-corrected chi connectivity index (χ2v) is 8.63. The van der Waals surface area contributed by atoms with Gasteiger partial charge in [0.25, 0.3) is 0 Å². The Labute approximate surface area is 167 Å². The Balaban J connectivity index is 1.74. The number of primary sulfonamides is 1. The Kier molecular flexibility index (Phi) is 4.76. The number of hydrogen-bond acceptors (Lipinski definition) is 7. The molecule has 150 valence electrons. The zero-order valence-electron chi connectivity index (χ0n) is 15.9. The number of fused-ring (bicyclic) bond motifs is 1. The predicted octanol–water partition coefficient (Wildman–Crippen LogP) is 2.26. The molecule has 1 aromatic carbocycles.